The Morgan fingerprint density at radius 1 is 1.09 bits per heavy atom. The fourth-order valence-electron chi connectivity index (χ4n) is 3.21. The number of Topliss-reactive ketones (excluding diaryl/α,β-unsaturated/α-hetero) is 1. The van der Waals surface area contributed by atoms with Crippen LogP contribution in [0.1, 0.15) is 30.1 Å². The standard InChI is InChI=1S/C17H21N3O3/c1-12(21)13-3-5-14(6-4-13)19-11-16(22)20(17(19)23)15-7-9-18(2)10-8-15/h3-6,15H,7-11H2,1-2H3. The van der Waals surface area contributed by atoms with E-state index in [1.165, 1.54) is 16.7 Å². The zero-order valence-corrected chi connectivity index (χ0v) is 13.5. The van der Waals surface area contributed by atoms with Crippen LogP contribution in [-0.2, 0) is 4.79 Å². The molecule has 122 valence electrons. The first-order valence-corrected chi connectivity index (χ1v) is 7.90. The summed E-state index contributed by atoms with van der Waals surface area (Å²) in [6, 6.07) is 6.56. The summed E-state index contributed by atoms with van der Waals surface area (Å²) in [7, 11) is 2.05. The third kappa shape index (κ3) is 2.99. The summed E-state index contributed by atoms with van der Waals surface area (Å²) in [6.07, 6.45) is 1.65. The van der Waals surface area contributed by atoms with E-state index in [0.29, 0.717) is 11.3 Å². The number of amides is 3. The minimum atomic E-state index is -0.250. The molecule has 0 bridgehead atoms. The zero-order valence-electron chi connectivity index (χ0n) is 13.5. The number of rotatable bonds is 3. The molecule has 6 heteroatoms. The molecule has 0 atom stereocenters. The lowest BCUT2D eigenvalue weighted by Crippen LogP contribution is -2.47. The number of imide groups is 1. The molecule has 23 heavy (non-hydrogen) atoms. The molecule has 0 N–H and O–H groups in total. The topological polar surface area (TPSA) is 60.9 Å². The van der Waals surface area contributed by atoms with Crippen molar-refractivity contribution in [2.24, 2.45) is 0 Å². The first kappa shape index (κ1) is 15.7. The molecule has 0 unspecified atom stereocenters. The molecule has 1 aromatic carbocycles. The molecule has 3 rings (SSSR count). The van der Waals surface area contributed by atoms with Crippen molar-refractivity contribution in [1.29, 1.82) is 0 Å². The number of likely N-dealkylation sites (tertiary alicyclic amines) is 1. The van der Waals surface area contributed by atoms with Crippen molar-refractivity contribution in [2.75, 3.05) is 31.6 Å². The van der Waals surface area contributed by atoms with Crippen molar-refractivity contribution in [1.82, 2.24) is 9.80 Å². The lowest BCUT2D eigenvalue weighted by atomic mass is 10.0. The minimum absolute atomic E-state index is 0.00677. The van der Waals surface area contributed by atoms with Crippen molar-refractivity contribution in [3.05, 3.63) is 29.8 Å². The van der Waals surface area contributed by atoms with Gasteiger partial charge in [-0.15, -0.1) is 0 Å². The molecule has 3 amide bonds. The van der Waals surface area contributed by atoms with Crippen LogP contribution in [0.25, 0.3) is 0 Å². The molecule has 0 aromatic heterocycles. The van der Waals surface area contributed by atoms with E-state index in [2.05, 4.69) is 4.90 Å². The first-order valence-electron chi connectivity index (χ1n) is 7.90. The number of nitrogens with zero attached hydrogens (tertiary/aromatic N) is 3. The summed E-state index contributed by atoms with van der Waals surface area (Å²) in [5, 5.41) is 0. The van der Waals surface area contributed by atoms with Crippen LogP contribution in [-0.4, -0.2) is 60.2 Å². The molecule has 2 aliphatic rings. The van der Waals surface area contributed by atoms with Crippen LogP contribution in [0.4, 0.5) is 10.5 Å². The molecule has 0 spiro atoms. The molecule has 2 fully saturated rings. The van der Waals surface area contributed by atoms with E-state index in [4.69, 9.17) is 0 Å². The van der Waals surface area contributed by atoms with Gasteiger partial charge in [0.2, 0.25) is 0 Å². The summed E-state index contributed by atoms with van der Waals surface area (Å²) in [6.45, 7) is 3.37. The van der Waals surface area contributed by atoms with Crippen LogP contribution < -0.4 is 4.90 Å². The first-order chi connectivity index (χ1) is 11.0. The number of urea groups is 1. The highest BCUT2D eigenvalue weighted by Crippen LogP contribution is 2.26. The van der Waals surface area contributed by atoms with Crippen LogP contribution in [0.15, 0.2) is 24.3 Å². The highest BCUT2D eigenvalue weighted by Gasteiger charge is 2.41. The van der Waals surface area contributed by atoms with Gasteiger partial charge in [-0.05, 0) is 64.2 Å². The van der Waals surface area contributed by atoms with Gasteiger partial charge in [0, 0.05) is 17.3 Å². The van der Waals surface area contributed by atoms with E-state index in [9.17, 15) is 14.4 Å². The molecular weight excluding hydrogens is 294 g/mol. The van der Waals surface area contributed by atoms with Crippen molar-refractivity contribution in [2.45, 2.75) is 25.8 Å². The van der Waals surface area contributed by atoms with Crippen LogP contribution in [0.5, 0.6) is 0 Å². The van der Waals surface area contributed by atoms with E-state index in [-0.39, 0.29) is 30.3 Å². The Hall–Kier alpha value is -2.21. The third-order valence-corrected chi connectivity index (χ3v) is 4.64. The van der Waals surface area contributed by atoms with Crippen molar-refractivity contribution in [3.63, 3.8) is 0 Å². The molecule has 2 heterocycles. The monoisotopic (exact) mass is 315 g/mol. The van der Waals surface area contributed by atoms with Crippen LogP contribution >= 0.6 is 0 Å². The van der Waals surface area contributed by atoms with Crippen molar-refractivity contribution < 1.29 is 14.4 Å². The number of hydrogen-bond donors (Lipinski definition) is 0. The van der Waals surface area contributed by atoms with Gasteiger partial charge in [0.05, 0.1) is 0 Å². The molecule has 0 saturated carbocycles. The van der Waals surface area contributed by atoms with Crippen LogP contribution in [0.2, 0.25) is 0 Å². The molecular formula is C17H21N3O3. The van der Waals surface area contributed by atoms with Gasteiger partial charge in [-0.1, -0.05) is 0 Å². The van der Waals surface area contributed by atoms with Gasteiger partial charge in [-0.25, -0.2) is 4.79 Å². The summed E-state index contributed by atoms with van der Waals surface area (Å²) in [4.78, 5) is 41.4. The summed E-state index contributed by atoms with van der Waals surface area (Å²) in [5.74, 6) is -0.159. The fraction of sp³-hybridized carbons (Fsp3) is 0.471. The lowest BCUT2D eigenvalue weighted by molar-refractivity contribution is -0.127. The highest BCUT2D eigenvalue weighted by molar-refractivity contribution is 6.12. The molecule has 2 aliphatic heterocycles. The smallest absolute Gasteiger partial charge is 0.306 e. The average Bonchev–Trinajstić information content (AvgIpc) is 2.83. The highest BCUT2D eigenvalue weighted by atomic mass is 16.2. The predicted octanol–water partition coefficient (Wildman–Crippen LogP) is 1.75. The molecule has 1 aromatic rings. The fourth-order valence-corrected chi connectivity index (χ4v) is 3.21. The Morgan fingerprint density at radius 2 is 1.70 bits per heavy atom. The largest absolute Gasteiger partial charge is 0.331 e. The molecule has 0 radical (unpaired) electrons. The van der Waals surface area contributed by atoms with Gasteiger partial charge in [0.25, 0.3) is 5.91 Å². The zero-order chi connectivity index (χ0) is 16.6. The Bertz CT molecular complexity index is 633. The lowest BCUT2D eigenvalue weighted by Gasteiger charge is -2.33. The quantitative estimate of drug-likeness (QED) is 0.630. The van der Waals surface area contributed by atoms with E-state index in [0.717, 1.165) is 25.9 Å². The maximum Gasteiger partial charge on any atom is 0.331 e. The molecule has 0 aliphatic carbocycles. The van der Waals surface area contributed by atoms with E-state index >= 15 is 0 Å². The van der Waals surface area contributed by atoms with Crippen LogP contribution in [0.3, 0.4) is 0 Å². The molecule has 2 saturated heterocycles. The summed E-state index contributed by atoms with van der Waals surface area (Å²) < 4.78 is 0. The van der Waals surface area contributed by atoms with Gasteiger partial charge in [0.1, 0.15) is 6.54 Å². The number of benzene rings is 1. The van der Waals surface area contributed by atoms with Gasteiger partial charge in [-0.2, -0.15) is 0 Å². The number of carbonyl (C=O) groups excluding carboxylic acids is 3. The number of anilines is 1. The van der Waals surface area contributed by atoms with E-state index < -0.39 is 0 Å². The van der Waals surface area contributed by atoms with E-state index in [1.807, 2.05) is 7.05 Å². The predicted molar refractivity (Wildman–Crippen MR) is 86.6 cm³/mol. The Balaban J connectivity index is 1.76. The third-order valence-electron chi connectivity index (χ3n) is 4.64. The average molecular weight is 315 g/mol. The maximum absolute atomic E-state index is 12.7. The second kappa shape index (κ2) is 6.12. The van der Waals surface area contributed by atoms with Crippen molar-refractivity contribution in [3.8, 4) is 0 Å². The van der Waals surface area contributed by atoms with E-state index in [1.54, 1.807) is 24.3 Å². The Kier molecular flexibility index (Phi) is 4.17. The number of piperidine rings is 1. The summed E-state index contributed by atoms with van der Waals surface area (Å²) in [5.41, 5.74) is 1.25. The number of carbonyl (C=O) groups is 3. The normalized spacial score (nSPS) is 20.4. The van der Waals surface area contributed by atoms with Crippen molar-refractivity contribution >= 4 is 23.4 Å². The summed E-state index contributed by atoms with van der Waals surface area (Å²) >= 11 is 0. The number of ketones is 1. The molecule has 6 nitrogen and oxygen atoms in total. The SMILES string of the molecule is CC(=O)c1ccc(N2CC(=O)N(C3CCN(C)CC3)C2=O)cc1. The maximum atomic E-state index is 12.7. The van der Waals surface area contributed by atoms with Gasteiger partial charge in [-0.3, -0.25) is 19.4 Å². The second-order valence-corrected chi connectivity index (χ2v) is 6.27. The van der Waals surface area contributed by atoms with Crippen LogP contribution in [0, 0.1) is 0 Å². The van der Waals surface area contributed by atoms with Gasteiger partial charge >= 0.3 is 6.03 Å². The minimum Gasteiger partial charge on any atom is -0.306 e. The van der Waals surface area contributed by atoms with Gasteiger partial charge < -0.3 is 4.90 Å². The second-order valence-electron chi connectivity index (χ2n) is 6.27. The number of hydrogen-bond acceptors (Lipinski definition) is 4. The van der Waals surface area contributed by atoms with Gasteiger partial charge in [0.15, 0.2) is 5.78 Å². The Morgan fingerprint density at radius 3 is 2.26 bits per heavy atom. The Labute approximate surface area is 135 Å².